The van der Waals surface area contributed by atoms with Crippen LogP contribution in [-0.4, -0.2) is 30.8 Å². The average Bonchev–Trinajstić information content (AvgIpc) is 2.66. The molecule has 0 bridgehead atoms. The van der Waals surface area contributed by atoms with E-state index in [0.717, 1.165) is 0 Å². The number of hydrogen-bond donors (Lipinski definition) is 2. The molecular weight excluding hydrogens is 339 g/mol. The molecule has 8 heteroatoms. The Balaban J connectivity index is 1.78. The number of ketones is 1. The average molecular weight is 354 g/mol. The van der Waals surface area contributed by atoms with E-state index in [0.29, 0.717) is 17.1 Å². The molecule has 1 aromatic carbocycles. The number of benzene rings is 1. The van der Waals surface area contributed by atoms with E-state index in [1.165, 1.54) is 42.9 Å². The standard InChI is InChI=1S/C18H15FN4O3/c19-13-2-1-11(7-12(13)9-24)14-8-15(22-10-21-14)16(25)3-4-17-20-6-5-18(26)23-17/h1-2,5-8,10,24H,3-4,9H2,(H,20,23,26). The molecule has 132 valence electrons. The maximum Gasteiger partial charge on any atom is 0.250 e. The van der Waals surface area contributed by atoms with Crippen molar-refractivity contribution in [1.82, 2.24) is 19.9 Å². The molecule has 0 saturated carbocycles. The Hall–Kier alpha value is -3.26. The first-order valence-electron chi connectivity index (χ1n) is 7.86. The van der Waals surface area contributed by atoms with E-state index in [2.05, 4.69) is 19.9 Å². The molecule has 3 rings (SSSR count). The number of carbonyl (C=O) groups is 1. The summed E-state index contributed by atoms with van der Waals surface area (Å²) < 4.78 is 13.5. The van der Waals surface area contributed by atoms with Crippen molar-refractivity contribution >= 4 is 5.78 Å². The molecule has 26 heavy (non-hydrogen) atoms. The number of hydrogen-bond acceptors (Lipinski definition) is 6. The van der Waals surface area contributed by atoms with Crippen LogP contribution in [-0.2, 0) is 13.0 Å². The smallest absolute Gasteiger partial charge is 0.250 e. The Bertz CT molecular complexity index is 1000. The summed E-state index contributed by atoms with van der Waals surface area (Å²) in [5.41, 5.74) is 1.10. The van der Waals surface area contributed by atoms with Gasteiger partial charge >= 0.3 is 0 Å². The number of Topliss-reactive ketones (excluding diaryl/α,β-unsaturated/α-hetero) is 1. The van der Waals surface area contributed by atoms with Gasteiger partial charge in [0.15, 0.2) is 5.78 Å². The zero-order chi connectivity index (χ0) is 18.5. The highest BCUT2D eigenvalue weighted by Gasteiger charge is 2.12. The first-order chi connectivity index (χ1) is 12.6. The summed E-state index contributed by atoms with van der Waals surface area (Å²) >= 11 is 0. The molecule has 0 aliphatic carbocycles. The molecule has 0 atom stereocenters. The van der Waals surface area contributed by atoms with E-state index >= 15 is 0 Å². The van der Waals surface area contributed by atoms with Crippen molar-refractivity contribution in [3.05, 3.63) is 76.1 Å². The van der Waals surface area contributed by atoms with Gasteiger partial charge in [0.25, 0.3) is 5.56 Å². The maximum absolute atomic E-state index is 13.5. The first kappa shape index (κ1) is 17.6. The van der Waals surface area contributed by atoms with E-state index in [-0.39, 0.29) is 35.4 Å². The molecule has 0 fully saturated rings. The van der Waals surface area contributed by atoms with Gasteiger partial charge in [-0.1, -0.05) is 0 Å². The van der Waals surface area contributed by atoms with E-state index in [4.69, 9.17) is 0 Å². The fraction of sp³-hybridized carbons (Fsp3) is 0.167. The first-order valence-corrected chi connectivity index (χ1v) is 7.86. The fourth-order valence-corrected chi connectivity index (χ4v) is 2.42. The summed E-state index contributed by atoms with van der Waals surface area (Å²) in [7, 11) is 0. The van der Waals surface area contributed by atoms with Crippen LogP contribution in [0.3, 0.4) is 0 Å². The summed E-state index contributed by atoms with van der Waals surface area (Å²) in [5, 5.41) is 9.17. The van der Waals surface area contributed by atoms with Gasteiger partial charge in [-0.3, -0.25) is 9.59 Å². The Morgan fingerprint density at radius 2 is 2.00 bits per heavy atom. The molecule has 0 radical (unpaired) electrons. The maximum atomic E-state index is 13.5. The van der Waals surface area contributed by atoms with Gasteiger partial charge in [-0.05, 0) is 24.3 Å². The molecule has 0 aliphatic heterocycles. The van der Waals surface area contributed by atoms with Gasteiger partial charge < -0.3 is 10.1 Å². The van der Waals surface area contributed by atoms with Crippen molar-refractivity contribution in [1.29, 1.82) is 0 Å². The lowest BCUT2D eigenvalue weighted by molar-refractivity contribution is 0.0977. The molecule has 0 amide bonds. The van der Waals surface area contributed by atoms with Gasteiger partial charge in [0.2, 0.25) is 0 Å². The third-order valence-electron chi connectivity index (χ3n) is 3.78. The highest BCUT2D eigenvalue weighted by atomic mass is 19.1. The topological polar surface area (TPSA) is 109 Å². The largest absolute Gasteiger partial charge is 0.392 e. The Morgan fingerprint density at radius 1 is 1.15 bits per heavy atom. The zero-order valence-electron chi connectivity index (χ0n) is 13.6. The van der Waals surface area contributed by atoms with Gasteiger partial charge in [-0.2, -0.15) is 0 Å². The number of H-pyrrole nitrogens is 1. The third-order valence-corrected chi connectivity index (χ3v) is 3.78. The second-order valence-electron chi connectivity index (χ2n) is 5.56. The second-order valence-corrected chi connectivity index (χ2v) is 5.56. The minimum absolute atomic E-state index is 0.120. The van der Waals surface area contributed by atoms with Gasteiger partial charge in [-0.25, -0.2) is 19.3 Å². The van der Waals surface area contributed by atoms with E-state index in [9.17, 15) is 19.1 Å². The normalized spacial score (nSPS) is 10.7. The lowest BCUT2D eigenvalue weighted by Crippen LogP contribution is -2.11. The number of aryl methyl sites for hydroxylation is 1. The summed E-state index contributed by atoms with van der Waals surface area (Å²) in [6.45, 7) is -0.432. The van der Waals surface area contributed by atoms with Crippen LogP contribution in [0.25, 0.3) is 11.3 Å². The van der Waals surface area contributed by atoms with Crippen molar-refractivity contribution in [2.45, 2.75) is 19.4 Å². The van der Waals surface area contributed by atoms with E-state index < -0.39 is 12.4 Å². The number of aliphatic hydroxyl groups excluding tert-OH is 1. The van der Waals surface area contributed by atoms with E-state index in [1.807, 2.05) is 0 Å². The highest BCUT2D eigenvalue weighted by Crippen LogP contribution is 2.21. The van der Waals surface area contributed by atoms with Crippen molar-refractivity contribution < 1.29 is 14.3 Å². The summed E-state index contributed by atoms with van der Waals surface area (Å²) in [5.74, 6) is -0.318. The van der Waals surface area contributed by atoms with Crippen molar-refractivity contribution in [2.24, 2.45) is 0 Å². The molecule has 0 unspecified atom stereocenters. The molecule has 3 aromatic rings. The summed E-state index contributed by atoms with van der Waals surface area (Å²) in [6, 6.07) is 7.04. The molecule has 2 aromatic heterocycles. The van der Waals surface area contributed by atoms with Crippen LogP contribution in [0, 0.1) is 5.82 Å². The van der Waals surface area contributed by atoms with Crippen molar-refractivity contribution in [3.8, 4) is 11.3 Å². The number of aliphatic hydroxyl groups is 1. The monoisotopic (exact) mass is 354 g/mol. The van der Waals surface area contributed by atoms with Crippen LogP contribution in [0.4, 0.5) is 4.39 Å². The number of nitrogens with one attached hydrogen (secondary N) is 1. The molecule has 0 aliphatic rings. The molecule has 0 spiro atoms. The van der Waals surface area contributed by atoms with Crippen LogP contribution >= 0.6 is 0 Å². The van der Waals surface area contributed by atoms with Crippen LogP contribution in [0.15, 0.2) is 47.7 Å². The quantitative estimate of drug-likeness (QED) is 0.652. The van der Waals surface area contributed by atoms with Crippen molar-refractivity contribution in [3.63, 3.8) is 0 Å². The Labute approximate surface area is 147 Å². The molecule has 0 saturated heterocycles. The summed E-state index contributed by atoms with van der Waals surface area (Å²) in [4.78, 5) is 38.2. The predicted octanol–water partition coefficient (Wildman–Crippen LogP) is 1.67. The Kier molecular flexibility index (Phi) is 5.23. The lowest BCUT2D eigenvalue weighted by Gasteiger charge is -2.06. The second kappa shape index (κ2) is 7.75. The molecule has 7 nitrogen and oxygen atoms in total. The molecule has 2 heterocycles. The fourth-order valence-electron chi connectivity index (χ4n) is 2.42. The van der Waals surface area contributed by atoms with Crippen LogP contribution in [0.5, 0.6) is 0 Å². The highest BCUT2D eigenvalue weighted by molar-refractivity contribution is 5.95. The number of aromatic nitrogens is 4. The minimum Gasteiger partial charge on any atom is -0.392 e. The lowest BCUT2D eigenvalue weighted by atomic mass is 10.1. The predicted molar refractivity (Wildman–Crippen MR) is 90.9 cm³/mol. The third kappa shape index (κ3) is 4.04. The minimum atomic E-state index is -0.508. The summed E-state index contributed by atoms with van der Waals surface area (Å²) in [6.07, 6.45) is 3.04. The number of rotatable bonds is 6. The molecular formula is C18H15FN4O3. The number of carbonyl (C=O) groups excluding carboxylic acids is 1. The van der Waals surface area contributed by atoms with Gasteiger partial charge in [0.1, 0.15) is 23.7 Å². The zero-order valence-corrected chi connectivity index (χ0v) is 13.6. The van der Waals surface area contributed by atoms with Crippen molar-refractivity contribution in [2.75, 3.05) is 0 Å². The Morgan fingerprint density at radius 3 is 2.77 bits per heavy atom. The van der Waals surface area contributed by atoms with Gasteiger partial charge in [-0.15, -0.1) is 0 Å². The van der Waals surface area contributed by atoms with Gasteiger partial charge in [0, 0.05) is 36.2 Å². The molecule has 2 N–H and O–H groups in total. The van der Waals surface area contributed by atoms with Crippen LogP contribution in [0.2, 0.25) is 0 Å². The van der Waals surface area contributed by atoms with Crippen LogP contribution in [0.1, 0.15) is 28.3 Å². The van der Waals surface area contributed by atoms with Gasteiger partial charge in [0.05, 0.1) is 12.3 Å². The number of aromatic amines is 1. The van der Waals surface area contributed by atoms with Crippen LogP contribution < -0.4 is 5.56 Å². The number of nitrogens with zero attached hydrogens (tertiary/aromatic N) is 3. The SMILES string of the molecule is O=C(CCc1nccc(=O)[nH]1)c1cc(-c2ccc(F)c(CO)c2)ncn1. The van der Waals surface area contributed by atoms with E-state index in [1.54, 1.807) is 0 Å². The number of halogens is 1.